The molecule has 1 saturated heterocycles. The molecule has 0 radical (unpaired) electrons. The van der Waals surface area contributed by atoms with Gasteiger partial charge in [0.15, 0.2) is 0 Å². The lowest BCUT2D eigenvalue weighted by Gasteiger charge is -2.27. The number of carbonyl (C=O) groups is 1. The van der Waals surface area contributed by atoms with E-state index in [2.05, 4.69) is 5.32 Å². The summed E-state index contributed by atoms with van der Waals surface area (Å²) in [5.74, 6) is -0.479. The Kier molecular flexibility index (Phi) is 6.41. The van der Waals surface area contributed by atoms with Crippen LogP contribution in [0.1, 0.15) is 12.0 Å². The highest BCUT2D eigenvalue weighted by Crippen LogP contribution is 2.18. The van der Waals surface area contributed by atoms with Crippen LogP contribution in [0.5, 0.6) is 0 Å². The fraction of sp³-hybridized carbons (Fsp3) is 0.562. The molecule has 1 amide bonds. The molecule has 1 heterocycles. The molecule has 7 heteroatoms. The highest BCUT2D eigenvalue weighted by molar-refractivity contribution is 5.78. The second kappa shape index (κ2) is 8.31. The van der Waals surface area contributed by atoms with Crippen molar-refractivity contribution in [2.45, 2.75) is 19.1 Å². The molecule has 1 N–H and O–H groups in total. The molecule has 0 aromatic heterocycles. The molecule has 0 spiro atoms. The normalized spacial score (nSPS) is 16.8. The highest BCUT2D eigenvalue weighted by atomic mass is 19.4. The minimum absolute atomic E-state index is 0.0225. The number of benzene rings is 1. The summed E-state index contributed by atoms with van der Waals surface area (Å²) in [6.45, 7) is 1.83. The molecule has 1 aromatic carbocycles. The summed E-state index contributed by atoms with van der Waals surface area (Å²) in [7, 11) is 0. The van der Waals surface area contributed by atoms with E-state index in [9.17, 15) is 18.0 Å². The number of rotatable bonds is 5. The molecular weight excluding hydrogens is 307 g/mol. The van der Waals surface area contributed by atoms with Gasteiger partial charge in [-0.05, 0) is 25.1 Å². The zero-order valence-electron chi connectivity index (χ0n) is 13.0. The van der Waals surface area contributed by atoms with E-state index < -0.39 is 18.6 Å². The topological polar surface area (TPSA) is 35.6 Å². The third-order valence-corrected chi connectivity index (χ3v) is 3.73. The molecule has 2 rings (SSSR count). The van der Waals surface area contributed by atoms with Crippen molar-refractivity contribution in [3.05, 3.63) is 35.9 Å². The Morgan fingerprint density at radius 3 is 2.61 bits per heavy atom. The van der Waals surface area contributed by atoms with E-state index in [0.29, 0.717) is 12.1 Å². The number of carbonyl (C=O) groups excluding carboxylic acids is 1. The molecule has 0 saturated carbocycles. The average molecular weight is 329 g/mol. The van der Waals surface area contributed by atoms with Gasteiger partial charge in [-0.25, -0.2) is 0 Å². The third-order valence-electron chi connectivity index (χ3n) is 3.73. The Morgan fingerprint density at radius 1 is 1.17 bits per heavy atom. The van der Waals surface area contributed by atoms with Gasteiger partial charge < -0.3 is 10.2 Å². The van der Waals surface area contributed by atoms with Crippen LogP contribution in [0.3, 0.4) is 0 Å². The minimum Gasteiger partial charge on any atom is -0.328 e. The maximum Gasteiger partial charge on any atom is 0.406 e. The van der Waals surface area contributed by atoms with Crippen LogP contribution in [-0.2, 0) is 11.3 Å². The first-order valence-corrected chi connectivity index (χ1v) is 7.75. The molecule has 1 fully saturated rings. The molecule has 23 heavy (non-hydrogen) atoms. The average Bonchev–Trinajstić information content (AvgIpc) is 2.75. The molecule has 0 aliphatic carbocycles. The monoisotopic (exact) mass is 329 g/mol. The smallest absolute Gasteiger partial charge is 0.328 e. The van der Waals surface area contributed by atoms with Crippen molar-refractivity contribution in [1.82, 2.24) is 15.1 Å². The summed E-state index contributed by atoms with van der Waals surface area (Å²) in [6, 6.07) is 8.76. The van der Waals surface area contributed by atoms with Crippen molar-refractivity contribution < 1.29 is 18.0 Å². The van der Waals surface area contributed by atoms with Gasteiger partial charge in [0.1, 0.15) is 6.54 Å². The summed E-state index contributed by atoms with van der Waals surface area (Å²) in [5.41, 5.74) is 0.697. The number of halogens is 3. The van der Waals surface area contributed by atoms with E-state index in [1.54, 1.807) is 30.3 Å². The van der Waals surface area contributed by atoms with Crippen LogP contribution < -0.4 is 5.32 Å². The van der Waals surface area contributed by atoms with Gasteiger partial charge in [-0.2, -0.15) is 13.2 Å². The van der Waals surface area contributed by atoms with Crippen LogP contribution in [-0.4, -0.2) is 61.2 Å². The van der Waals surface area contributed by atoms with Crippen LogP contribution >= 0.6 is 0 Å². The second-order valence-corrected chi connectivity index (χ2v) is 5.73. The van der Waals surface area contributed by atoms with Gasteiger partial charge in [0, 0.05) is 19.6 Å². The lowest BCUT2D eigenvalue weighted by atomic mass is 10.2. The molecule has 1 aliphatic heterocycles. The Hall–Kier alpha value is -1.60. The third kappa shape index (κ3) is 6.58. The zero-order chi connectivity index (χ0) is 16.7. The van der Waals surface area contributed by atoms with E-state index in [1.807, 2.05) is 4.90 Å². The van der Waals surface area contributed by atoms with Crippen molar-refractivity contribution in [3.63, 3.8) is 0 Å². The quantitative estimate of drug-likeness (QED) is 0.896. The largest absolute Gasteiger partial charge is 0.406 e. The van der Waals surface area contributed by atoms with Crippen LogP contribution in [0.2, 0.25) is 0 Å². The number of amides is 1. The van der Waals surface area contributed by atoms with Gasteiger partial charge >= 0.3 is 6.18 Å². The van der Waals surface area contributed by atoms with Gasteiger partial charge in [-0.3, -0.25) is 9.69 Å². The Labute approximate surface area is 134 Å². The summed E-state index contributed by atoms with van der Waals surface area (Å²) in [5, 5.41) is 3.21. The van der Waals surface area contributed by atoms with Gasteiger partial charge in [0.25, 0.3) is 0 Å². The summed E-state index contributed by atoms with van der Waals surface area (Å²) in [6.07, 6.45) is -3.50. The number of hydrogen-bond acceptors (Lipinski definition) is 3. The Balaban J connectivity index is 2.01. The zero-order valence-corrected chi connectivity index (χ0v) is 13.0. The van der Waals surface area contributed by atoms with Gasteiger partial charge in [0.2, 0.25) is 5.91 Å². The van der Waals surface area contributed by atoms with Crippen molar-refractivity contribution in [2.75, 3.05) is 39.3 Å². The number of nitrogens with one attached hydrogen (secondary N) is 1. The first kappa shape index (κ1) is 17.7. The van der Waals surface area contributed by atoms with Crippen LogP contribution in [0.15, 0.2) is 30.3 Å². The van der Waals surface area contributed by atoms with Crippen molar-refractivity contribution in [3.8, 4) is 0 Å². The van der Waals surface area contributed by atoms with Crippen molar-refractivity contribution >= 4 is 5.91 Å². The van der Waals surface area contributed by atoms with E-state index in [4.69, 9.17) is 0 Å². The summed E-state index contributed by atoms with van der Waals surface area (Å²) >= 11 is 0. The van der Waals surface area contributed by atoms with E-state index in [-0.39, 0.29) is 13.1 Å². The predicted molar refractivity (Wildman–Crippen MR) is 81.8 cm³/mol. The fourth-order valence-corrected chi connectivity index (χ4v) is 2.60. The summed E-state index contributed by atoms with van der Waals surface area (Å²) in [4.78, 5) is 15.2. The lowest BCUT2D eigenvalue weighted by molar-refractivity contribution is -0.163. The molecule has 4 nitrogen and oxygen atoms in total. The van der Waals surface area contributed by atoms with Crippen LogP contribution in [0.25, 0.3) is 0 Å². The molecule has 0 atom stereocenters. The fourth-order valence-electron chi connectivity index (χ4n) is 2.60. The molecule has 128 valence electrons. The van der Waals surface area contributed by atoms with E-state index >= 15 is 0 Å². The Bertz CT molecular complexity index is 485. The van der Waals surface area contributed by atoms with Crippen LogP contribution in [0.4, 0.5) is 13.2 Å². The standard InChI is InChI=1S/C16H22F3N3O/c17-16(18,19)13-22(11-14-5-2-1-3-6-14)15(23)12-21-9-4-7-20-8-10-21/h1-3,5-6,20H,4,7-13H2. The van der Waals surface area contributed by atoms with Crippen LogP contribution in [0, 0.1) is 0 Å². The van der Waals surface area contributed by atoms with Crippen molar-refractivity contribution in [1.29, 1.82) is 0 Å². The van der Waals surface area contributed by atoms with Crippen molar-refractivity contribution in [2.24, 2.45) is 0 Å². The second-order valence-electron chi connectivity index (χ2n) is 5.73. The van der Waals surface area contributed by atoms with Gasteiger partial charge in [-0.1, -0.05) is 30.3 Å². The molecule has 0 bridgehead atoms. The molecular formula is C16H22F3N3O. The molecule has 0 unspecified atom stereocenters. The van der Waals surface area contributed by atoms with E-state index in [0.717, 1.165) is 31.0 Å². The number of alkyl halides is 3. The van der Waals surface area contributed by atoms with Gasteiger partial charge in [-0.15, -0.1) is 0 Å². The Morgan fingerprint density at radius 2 is 1.91 bits per heavy atom. The molecule has 1 aromatic rings. The maximum absolute atomic E-state index is 12.8. The minimum atomic E-state index is -4.40. The molecule has 1 aliphatic rings. The van der Waals surface area contributed by atoms with E-state index in [1.165, 1.54) is 0 Å². The number of nitrogens with zero attached hydrogens (tertiary/aromatic N) is 2. The predicted octanol–water partition coefficient (Wildman–Crippen LogP) is 1.87. The summed E-state index contributed by atoms with van der Waals surface area (Å²) < 4.78 is 38.4. The lowest BCUT2D eigenvalue weighted by Crippen LogP contribution is -2.44. The SMILES string of the molecule is O=C(CN1CCCNCC1)N(Cc1ccccc1)CC(F)(F)F. The number of hydrogen-bond donors (Lipinski definition) is 1. The first-order valence-electron chi connectivity index (χ1n) is 7.75. The first-order chi connectivity index (χ1) is 10.9. The maximum atomic E-state index is 12.8. The van der Waals surface area contributed by atoms with Gasteiger partial charge in [0.05, 0.1) is 6.54 Å². The highest BCUT2D eigenvalue weighted by Gasteiger charge is 2.33.